The third kappa shape index (κ3) is 4.62. The monoisotopic (exact) mass is 343 g/mol. The molecule has 1 N–H and O–H groups in total. The third-order valence-corrected chi connectivity index (χ3v) is 5.82. The molecule has 1 aromatic rings. The average Bonchev–Trinajstić information content (AvgIpc) is 3.11. The Kier molecular flexibility index (Phi) is 6.49. The van der Waals surface area contributed by atoms with Gasteiger partial charge >= 0.3 is 0 Å². The first-order valence-corrected chi connectivity index (χ1v) is 10.0. The first kappa shape index (κ1) is 18.4. The van der Waals surface area contributed by atoms with Gasteiger partial charge in [0, 0.05) is 25.2 Å². The zero-order chi connectivity index (χ0) is 17.6. The van der Waals surface area contributed by atoms with E-state index in [1.165, 1.54) is 18.4 Å². The SMILES string of the molecule is CCCN1CCCCC1C(=O)NC1CCN(C(C)c2ccccc2)C1. The van der Waals surface area contributed by atoms with Crippen LogP contribution in [0.15, 0.2) is 30.3 Å². The van der Waals surface area contributed by atoms with Gasteiger partial charge in [-0.05, 0) is 51.3 Å². The van der Waals surface area contributed by atoms with Crippen molar-refractivity contribution in [1.29, 1.82) is 0 Å². The van der Waals surface area contributed by atoms with E-state index >= 15 is 0 Å². The fraction of sp³-hybridized carbons (Fsp3) is 0.667. The van der Waals surface area contributed by atoms with E-state index in [1.54, 1.807) is 0 Å². The molecule has 2 heterocycles. The van der Waals surface area contributed by atoms with E-state index in [-0.39, 0.29) is 11.9 Å². The number of benzene rings is 1. The highest BCUT2D eigenvalue weighted by atomic mass is 16.2. The molecule has 2 fully saturated rings. The van der Waals surface area contributed by atoms with Crippen molar-refractivity contribution >= 4 is 5.91 Å². The van der Waals surface area contributed by atoms with Crippen LogP contribution < -0.4 is 5.32 Å². The Hall–Kier alpha value is -1.39. The standard InChI is InChI=1S/C21H33N3O/c1-3-13-23-14-8-7-11-20(23)21(25)22-19-12-15-24(16-19)17(2)18-9-5-4-6-10-18/h4-6,9-10,17,19-20H,3,7-8,11-16H2,1-2H3,(H,22,25). The summed E-state index contributed by atoms with van der Waals surface area (Å²) in [6.07, 6.45) is 5.61. The fourth-order valence-electron chi connectivity index (χ4n) is 4.34. The van der Waals surface area contributed by atoms with Crippen molar-refractivity contribution in [3.63, 3.8) is 0 Å². The minimum atomic E-state index is 0.0919. The lowest BCUT2D eigenvalue weighted by molar-refractivity contribution is -0.128. The van der Waals surface area contributed by atoms with Crippen LogP contribution in [0.3, 0.4) is 0 Å². The van der Waals surface area contributed by atoms with E-state index in [0.29, 0.717) is 12.1 Å². The molecule has 1 aromatic carbocycles. The van der Waals surface area contributed by atoms with Gasteiger partial charge in [-0.25, -0.2) is 0 Å². The number of piperidine rings is 1. The van der Waals surface area contributed by atoms with Crippen molar-refractivity contribution in [3.8, 4) is 0 Å². The lowest BCUT2D eigenvalue weighted by Crippen LogP contribution is -2.52. The maximum Gasteiger partial charge on any atom is 0.237 e. The quantitative estimate of drug-likeness (QED) is 0.861. The predicted molar refractivity (Wildman–Crippen MR) is 102 cm³/mol. The van der Waals surface area contributed by atoms with Gasteiger partial charge in [0.25, 0.3) is 0 Å². The van der Waals surface area contributed by atoms with Gasteiger partial charge in [-0.3, -0.25) is 14.6 Å². The van der Waals surface area contributed by atoms with Gasteiger partial charge in [0.2, 0.25) is 5.91 Å². The summed E-state index contributed by atoms with van der Waals surface area (Å²) in [7, 11) is 0. The number of carbonyl (C=O) groups is 1. The molecule has 2 saturated heterocycles. The molecule has 2 aliphatic heterocycles. The first-order chi connectivity index (χ1) is 12.2. The molecule has 3 rings (SSSR count). The Bertz CT molecular complexity index is 545. The Labute approximate surface area is 152 Å². The van der Waals surface area contributed by atoms with Crippen LogP contribution in [0.25, 0.3) is 0 Å². The number of nitrogens with one attached hydrogen (secondary N) is 1. The summed E-state index contributed by atoms with van der Waals surface area (Å²) >= 11 is 0. The minimum Gasteiger partial charge on any atom is -0.351 e. The van der Waals surface area contributed by atoms with Gasteiger partial charge in [-0.15, -0.1) is 0 Å². The molecule has 3 atom stereocenters. The molecular weight excluding hydrogens is 310 g/mol. The zero-order valence-corrected chi connectivity index (χ0v) is 15.8. The van der Waals surface area contributed by atoms with E-state index in [1.807, 2.05) is 0 Å². The smallest absolute Gasteiger partial charge is 0.237 e. The topological polar surface area (TPSA) is 35.6 Å². The number of nitrogens with zero attached hydrogens (tertiary/aromatic N) is 2. The lowest BCUT2D eigenvalue weighted by Gasteiger charge is -2.35. The van der Waals surface area contributed by atoms with Crippen LogP contribution in [0.5, 0.6) is 0 Å². The number of carbonyl (C=O) groups excluding carboxylic acids is 1. The van der Waals surface area contributed by atoms with Crippen LogP contribution in [0.4, 0.5) is 0 Å². The van der Waals surface area contributed by atoms with Crippen molar-refractivity contribution in [2.24, 2.45) is 0 Å². The van der Waals surface area contributed by atoms with Crippen molar-refractivity contribution in [1.82, 2.24) is 15.1 Å². The zero-order valence-electron chi connectivity index (χ0n) is 15.8. The molecule has 4 heteroatoms. The minimum absolute atomic E-state index is 0.0919. The van der Waals surface area contributed by atoms with Gasteiger partial charge in [-0.1, -0.05) is 43.7 Å². The van der Waals surface area contributed by atoms with Crippen molar-refractivity contribution in [2.45, 2.75) is 64.1 Å². The van der Waals surface area contributed by atoms with E-state index in [2.05, 4.69) is 59.3 Å². The van der Waals surface area contributed by atoms with Gasteiger partial charge in [0.15, 0.2) is 0 Å². The molecule has 0 radical (unpaired) electrons. The van der Waals surface area contributed by atoms with E-state index < -0.39 is 0 Å². The number of likely N-dealkylation sites (tertiary alicyclic amines) is 2. The predicted octanol–water partition coefficient (Wildman–Crippen LogP) is 3.20. The Morgan fingerprint density at radius 1 is 1.20 bits per heavy atom. The average molecular weight is 344 g/mol. The van der Waals surface area contributed by atoms with Crippen molar-refractivity contribution in [3.05, 3.63) is 35.9 Å². The second-order valence-corrected chi connectivity index (χ2v) is 7.62. The summed E-state index contributed by atoms with van der Waals surface area (Å²) in [5.74, 6) is 0.257. The summed E-state index contributed by atoms with van der Waals surface area (Å²) in [5.41, 5.74) is 1.36. The van der Waals surface area contributed by atoms with Gasteiger partial charge in [0.05, 0.1) is 6.04 Å². The number of hydrogen-bond donors (Lipinski definition) is 1. The highest BCUT2D eigenvalue weighted by molar-refractivity contribution is 5.82. The highest BCUT2D eigenvalue weighted by Gasteiger charge is 2.32. The normalized spacial score (nSPS) is 26.5. The molecule has 0 aliphatic carbocycles. The van der Waals surface area contributed by atoms with Crippen LogP contribution >= 0.6 is 0 Å². The molecule has 25 heavy (non-hydrogen) atoms. The number of hydrogen-bond acceptors (Lipinski definition) is 3. The number of rotatable bonds is 6. The molecule has 2 aliphatic rings. The Balaban J connectivity index is 1.53. The molecular formula is C21H33N3O. The van der Waals surface area contributed by atoms with Crippen molar-refractivity contribution in [2.75, 3.05) is 26.2 Å². The van der Waals surface area contributed by atoms with Gasteiger partial charge < -0.3 is 5.32 Å². The summed E-state index contributed by atoms with van der Waals surface area (Å²) in [6.45, 7) is 8.60. The summed E-state index contributed by atoms with van der Waals surface area (Å²) < 4.78 is 0. The Morgan fingerprint density at radius 2 is 2.00 bits per heavy atom. The number of amides is 1. The van der Waals surface area contributed by atoms with Crippen LogP contribution in [-0.4, -0.2) is 54.0 Å². The molecule has 0 saturated carbocycles. The largest absolute Gasteiger partial charge is 0.351 e. The molecule has 0 aromatic heterocycles. The van der Waals surface area contributed by atoms with Crippen LogP contribution in [-0.2, 0) is 4.79 Å². The molecule has 3 unspecified atom stereocenters. The molecule has 138 valence electrons. The van der Waals surface area contributed by atoms with Crippen molar-refractivity contribution < 1.29 is 4.79 Å². The second kappa shape index (κ2) is 8.81. The van der Waals surface area contributed by atoms with Crippen LogP contribution in [0, 0.1) is 0 Å². The van der Waals surface area contributed by atoms with Crippen LogP contribution in [0.2, 0.25) is 0 Å². The van der Waals surface area contributed by atoms with E-state index in [4.69, 9.17) is 0 Å². The third-order valence-electron chi connectivity index (χ3n) is 5.82. The molecule has 0 spiro atoms. The van der Waals surface area contributed by atoms with Gasteiger partial charge in [-0.2, -0.15) is 0 Å². The van der Waals surface area contributed by atoms with E-state index in [0.717, 1.165) is 45.4 Å². The summed E-state index contributed by atoms with van der Waals surface area (Å²) in [6, 6.07) is 11.5. The van der Waals surface area contributed by atoms with E-state index in [9.17, 15) is 4.79 Å². The first-order valence-electron chi connectivity index (χ1n) is 10.0. The summed E-state index contributed by atoms with van der Waals surface area (Å²) in [5, 5.41) is 3.35. The Morgan fingerprint density at radius 3 is 2.76 bits per heavy atom. The molecule has 4 nitrogen and oxygen atoms in total. The maximum atomic E-state index is 12.8. The lowest BCUT2D eigenvalue weighted by atomic mass is 10.0. The summed E-state index contributed by atoms with van der Waals surface area (Å²) in [4.78, 5) is 17.7. The second-order valence-electron chi connectivity index (χ2n) is 7.62. The fourth-order valence-corrected chi connectivity index (χ4v) is 4.34. The molecule has 0 bridgehead atoms. The molecule has 1 amide bonds. The maximum absolute atomic E-state index is 12.8. The van der Waals surface area contributed by atoms with Gasteiger partial charge in [0.1, 0.15) is 0 Å². The van der Waals surface area contributed by atoms with Crippen LogP contribution in [0.1, 0.15) is 57.6 Å². The highest BCUT2D eigenvalue weighted by Crippen LogP contribution is 2.25.